The van der Waals surface area contributed by atoms with E-state index in [1.807, 2.05) is 36.4 Å². The van der Waals surface area contributed by atoms with Crippen molar-refractivity contribution >= 4 is 22.3 Å². The van der Waals surface area contributed by atoms with Gasteiger partial charge in [-0.15, -0.1) is 0 Å². The largest absolute Gasteiger partial charge is 0.508 e. The van der Waals surface area contributed by atoms with Crippen molar-refractivity contribution in [1.29, 1.82) is 0 Å². The zero-order chi connectivity index (χ0) is 14.8. The molecule has 1 unspecified atom stereocenters. The Balaban J connectivity index is 1.96. The highest BCUT2D eigenvalue weighted by Gasteiger charge is 2.09. The van der Waals surface area contributed by atoms with Gasteiger partial charge < -0.3 is 16.2 Å². The highest BCUT2D eigenvalue weighted by Crippen LogP contribution is 2.28. The van der Waals surface area contributed by atoms with Gasteiger partial charge in [0.2, 0.25) is 0 Å². The first kappa shape index (κ1) is 13.2. The van der Waals surface area contributed by atoms with Gasteiger partial charge in [-0.05, 0) is 48.2 Å². The highest BCUT2D eigenvalue weighted by molar-refractivity contribution is 5.92. The number of nitrogens with two attached hydrogens (primary N) is 1. The second kappa shape index (κ2) is 5.32. The minimum Gasteiger partial charge on any atom is -0.508 e. The van der Waals surface area contributed by atoms with Crippen LogP contribution in [0.15, 0.2) is 54.7 Å². The molecule has 0 radical (unpaired) electrons. The van der Waals surface area contributed by atoms with Gasteiger partial charge in [0.15, 0.2) is 0 Å². The summed E-state index contributed by atoms with van der Waals surface area (Å²) in [7, 11) is 0. The Morgan fingerprint density at radius 1 is 1.14 bits per heavy atom. The molecule has 0 saturated heterocycles. The average Bonchev–Trinajstić information content (AvgIpc) is 2.48. The molecule has 0 aliphatic rings. The van der Waals surface area contributed by atoms with E-state index < -0.39 is 0 Å². The fraction of sp³-hybridized carbons (Fsp3) is 0.118. The van der Waals surface area contributed by atoms with Crippen molar-refractivity contribution in [2.75, 3.05) is 11.1 Å². The van der Waals surface area contributed by atoms with Crippen LogP contribution in [0.25, 0.3) is 10.8 Å². The fourth-order valence-electron chi connectivity index (χ4n) is 2.39. The molecule has 0 aliphatic carbocycles. The molecule has 3 rings (SSSR count). The molecule has 1 heterocycles. The number of aromatic nitrogens is 1. The molecule has 0 saturated carbocycles. The molecule has 21 heavy (non-hydrogen) atoms. The van der Waals surface area contributed by atoms with E-state index in [1.165, 1.54) is 0 Å². The Morgan fingerprint density at radius 3 is 2.81 bits per heavy atom. The van der Waals surface area contributed by atoms with Crippen molar-refractivity contribution in [3.63, 3.8) is 0 Å². The third-order valence-corrected chi connectivity index (χ3v) is 3.51. The molecule has 0 spiro atoms. The molecule has 0 bridgehead atoms. The van der Waals surface area contributed by atoms with Crippen molar-refractivity contribution in [2.24, 2.45) is 0 Å². The van der Waals surface area contributed by atoms with E-state index in [0.717, 1.165) is 27.8 Å². The van der Waals surface area contributed by atoms with E-state index in [-0.39, 0.29) is 11.8 Å². The lowest BCUT2D eigenvalue weighted by Crippen LogP contribution is -2.08. The maximum Gasteiger partial charge on any atom is 0.134 e. The molecule has 0 amide bonds. The smallest absolute Gasteiger partial charge is 0.134 e. The standard InChI is InChI=1S/C17H17N3O/c1-11(13-3-2-4-14(18)9-13)20-17-16-10-15(21)6-5-12(16)7-8-19-17/h2-11,21H,18H2,1H3,(H,19,20). The fourth-order valence-corrected chi connectivity index (χ4v) is 2.39. The van der Waals surface area contributed by atoms with Gasteiger partial charge in [-0.25, -0.2) is 4.98 Å². The van der Waals surface area contributed by atoms with Gasteiger partial charge in [0.25, 0.3) is 0 Å². The Labute approximate surface area is 123 Å². The van der Waals surface area contributed by atoms with E-state index >= 15 is 0 Å². The van der Waals surface area contributed by atoms with Crippen LogP contribution < -0.4 is 11.1 Å². The zero-order valence-electron chi connectivity index (χ0n) is 11.7. The van der Waals surface area contributed by atoms with Gasteiger partial charge in [0, 0.05) is 17.3 Å². The van der Waals surface area contributed by atoms with Crippen LogP contribution >= 0.6 is 0 Å². The quantitative estimate of drug-likeness (QED) is 0.639. The first-order chi connectivity index (χ1) is 10.1. The van der Waals surface area contributed by atoms with Crippen LogP contribution in [0.2, 0.25) is 0 Å². The van der Waals surface area contributed by atoms with Crippen LogP contribution in [0.3, 0.4) is 0 Å². The summed E-state index contributed by atoms with van der Waals surface area (Å²) in [6, 6.07) is 15.0. The van der Waals surface area contributed by atoms with Gasteiger partial charge in [-0.1, -0.05) is 18.2 Å². The van der Waals surface area contributed by atoms with Crippen molar-refractivity contribution in [3.05, 3.63) is 60.3 Å². The van der Waals surface area contributed by atoms with Crippen LogP contribution in [-0.2, 0) is 0 Å². The summed E-state index contributed by atoms with van der Waals surface area (Å²) in [6.07, 6.45) is 1.76. The van der Waals surface area contributed by atoms with E-state index in [0.29, 0.717) is 0 Å². The molecule has 106 valence electrons. The number of phenols is 1. The summed E-state index contributed by atoms with van der Waals surface area (Å²) < 4.78 is 0. The summed E-state index contributed by atoms with van der Waals surface area (Å²) in [6.45, 7) is 2.05. The Bertz CT molecular complexity index is 786. The van der Waals surface area contributed by atoms with Gasteiger partial charge in [-0.2, -0.15) is 0 Å². The highest BCUT2D eigenvalue weighted by atomic mass is 16.3. The Morgan fingerprint density at radius 2 is 2.00 bits per heavy atom. The molecular weight excluding hydrogens is 262 g/mol. The molecule has 2 aromatic carbocycles. The second-order valence-corrected chi connectivity index (χ2v) is 5.10. The van der Waals surface area contributed by atoms with Gasteiger partial charge in [0.1, 0.15) is 11.6 Å². The lowest BCUT2D eigenvalue weighted by Gasteiger charge is -2.17. The first-order valence-corrected chi connectivity index (χ1v) is 6.83. The third kappa shape index (κ3) is 2.74. The summed E-state index contributed by atoms with van der Waals surface area (Å²) in [5.41, 5.74) is 7.66. The number of nitrogen functional groups attached to an aromatic ring is 1. The number of nitrogens with one attached hydrogen (secondary N) is 1. The number of hydrogen-bond donors (Lipinski definition) is 3. The number of benzene rings is 2. The van der Waals surface area contributed by atoms with E-state index in [4.69, 9.17) is 5.73 Å². The van der Waals surface area contributed by atoms with Crippen molar-refractivity contribution in [2.45, 2.75) is 13.0 Å². The Hall–Kier alpha value is -2.75. The van der Waals surface area contributed by atoms with Crippen LogP contribution in [0.1, 0.15) is 18.5 Å². The maximum absolute atomic E-state index is 9.67. The number of phenolic OH excluding ortho intramolecular Hbond substituents is 1. The summed E-state index contributed by atoms with van der Waals surface area (Å²) >= 11 is 0. The van der Waals surface area contributed by atoms with E-state index in [9.17, 15) is 5.11 Å². The molecule has 1 atom stereocenters. The van der Waals surface area contributed by atoms with Crippen LogP contribution in [0.5, 0.6) is 5.75 Å². The lowest BCUT2D eigenvalue weighted by atomic mass is 10.1. The van der Waals surface area contributed by atoms with Gasteiger partial charge in [-0.3, -0.25) is 0 Å². The minimum absolute atomic E-state index is 0.0638. The minimum atomic E-state index is 0.0638. The van der Waals surface area contributed by atoms with Crippen molar-refractivity contribution in [1.82, 2.24) is 4.98 Å². The van der Waals surface area contributed by atoms with Crippen molar-refractivity contribution in [3.8, 4) is 5.75 Å². The topological polar surface area (TPSA) is 71.2 Å². The predicted octanol–water partition coefficient (Wildman–Crippen LogP) is 3.70. The molecular formula is C17H17N3O. The normalized spacial score (nSPS) is 12.2. The molecule has 4 N–H and O–H groups in total. The zero-order valence-corrected chi connectivity index (χ0v) is 11.7. The second-order valence-electron chi connectivity index (χ2n) is 5.10. The van der Waals surface area contributed by atoms with Crippen LogP contribution in [0, 0.1) is 0 Å². The summed E-state index contributed by atoms with van der Waals surface area (Å²) in [5.74, 6) is 0.980. The Kier molecular flexibility index (Phi) is 3.36. The number of rotatable bonds is 3. The number of pyridine rings is 1. The number of fused-ring (bicyclic) bond motifs is 1. The van der Waals surface area contributed by atoms with Gasteiger partial charge >= 0.3 is 0 Å². The van der Waals surface area contributed by atoms with E-state index in [2.05, 4.69) is 17.2 Å². The number of aromatic hydroxyl groups is 1. The van der Waals surface area contributed by atoms with Crippen molar-refractivity contribution < 1.29 is 5.11 Å². The number of anilines is 2. The molecule has 1 aromatic heterocycles. The molecule has 4 nitrogen and oxygen atoms in total. The molecule has 4 heteroatoms. The maximum atomic E-state index is 9.67. The first-order valence-electron chi connectivity index (χ1n) is 6.83. The third-order valence-electron chi connectivity index (χ3n) is 3.51. The number of nitrogens with zero attached hydrogens (tertiary/aromatic N) is 1. The van der Waals surface area contributed by atoms with Crippen LogP contribution in [0.4, 0.5) is 11.5 Å². The predicted molar refractivity (Wildman–Crippen MR) is 86.3 cm³/mol. The monoisotopic (exact) mass is 279 g/mol. The summed E-state index contributed by atoms with van der Waals surface area (Å²) in [5, 5.41) is 15.0. The van der Waals surface area contributed by atoms with Crippen LogP contribution in [-0.4, -0.2) is 10.1 Å². The number of hydrogen-bond acceptors (Lipinski definition) is 4. The molecule has 3 aromatic rings. The molecule has 0 aliphatic heterocycles. The van der Waals surface area contributed by atoms with E-state index in [1.54, 1.807) is 18.3 Å². The lowest BCUT2D eigenvalue weighted by molar-refractivity contribution is 0.476. The summed E-state index contributed by atoms with van der Waals surface area (Å²) in [4.78, 5) is 4.38. The molecule has 0 fully saturated rings. The SMILES string of the molecule is CC(Nc1nccc2ccc(O)cc12)c1cccc(N)c1. The van der Waals surface area contributed by atoms with Gasteiger partial charge in [0.05, 0.1) is 6.04 Å². The average molecular weight is 279 g/mol.